The van der Waals surface area contributed by atoms with E-state index in [0.717, 1.165) is 24.8 Å². The molecule has 0 atom stereocenters. The maximum atomic E-state index is 11.1. The van der Waals surface area contributed by atoms with Crippen molar-refractivity contribution in [2.75, 3.05) is 11.9 Å². The van der Waals surface area contributed by atoms with Crippen LogP contribution in [0.3, 0.4) is 0 Å². The number of carboxylic acid groups (broad SMARTS) is 1. The number of aliphatic hydroxyl groups excluding tert-OH is 1. The average molecular weight is 235 g/mol. The van der Waals surface area contributed by atoms with Crippen LogP contribution in [0.1, 0.15) is 35.2 Å². The summed E-state index contributed by atoms with van der Waals surface area (Å²) in [5.41, 5.74) is 1.55. The van der Waals surface area contributed by atoms with Gasteiger partial charge >= 0.3 is 5.97 Å². The number of carbonyl (C=O) groups is 1. The molecule has 92 valence electrons. The second-order valence-electron chi connectivity index (χ2n) is 4.77. The molecule has 4 heteroatoms. The highest BCUT2D eigenvalue weighted by molar-refractivity contribution is 5.94. The number of aliphatic hydroxyl groups is 1. The first-order chi connectivity index (χ1) is 8.06. The smallest absolute Gasteiger partial charge is 0.337 e. The molecule has 3 N–H and O–H groups in total. The Morgan fingerprint density at radius 2 is 2.18 bits per heavy atom. The Balaban J connectivity index is 2.30. The zero-order chi connectivity index (χ0) is 12.5. The van der Waals surface area contributed by atoms with Gasteiger partial charge < -0.3 is 15.5 Å². The molecule has 0 saturated heterocycles. The molecule has 0 spiro atoms. The highest BCUT2D eigenvalue weighted by atomic mass is 16.4. The summed E-state index contributed by atoms with van der Waals surface area (Å²) in [5.74, 6) is -0.945. The molecule has 4 nitrogen and oxygen atoms in total. The molecule has 0 heterocycles. The molecule has 0 unspecified atom stereocenters. The topological polar surface area (TPSA) is 69.6 Å². The normalized spacial score (nSPS) is 17.3. The monoisotopic (exact) mass is 235 g/mol. The number of hydrogen-bond acceptors (Lipinski definition) is 3. The largest absolute Gasteiger partial charge is 0.478 e. The summed E-state index contributed by atoms with van der Waals surface area (Å²) >= 11 is 0. The number of carboxylic acids is 1. The second-order valence-corrected chi connectivity index (χ2v) is 4.77. The van der Waals surface area contributed by atoms with Gasteiger partial charge in [0.05, 0.1) is 17.7 Å². The number of hydrogen-bond donors (Lipinski definition) is 3. The maximum Gasteiger partial charge on any atom is 0.337 e. The first-order valence-corrected chi connectivity index (χ1v) is 5.79. The average Bonchev–Trinajstić information content (AvgIpc) is 2.23. The van der Waals surface area contributed by atoms with E-state index in [9.17, 15) is 9.90 Å². The molecule has 1 fully saturated rings. The van der Waals surface area contributed by atoms with Gasteiger partial charge in [-0.3, -0.25) is 0 Å². The summed E-state index contributed by atoms with van der Waals surface area (Å²) < 4.78 is 0. The highest BCUT2D eigenvalue weighted by Gasteiger charge is 2.36. The molecule has 1 aliphatic rings. The first kappa shape index (κ1) is 11.9. The number of rotatable bonds is 4. The lowest BCUT2D eigenvalue weighted by atomic mass is 9.77. The van der Waals surface area contributed by atoms with Crippen LogP contribution < -0.4 is 5.32 Å². The number of benzene rings is 1. The third kappa shape index (κ3) is 2.26. The third-order valence-corrected chi connectivity index (χ3v) is 3.42. The lowest BCUT2D eigenvalue weighted by Crippen LogP contribution is -2.48. The van der Waals surface area contributed by atoms with Crippen molar-refractivity contribution in [3.63, 3.8) is 0 Å². The third-order valence-electron chi connectivity index (χ3n) is 3.42. The van der Waals surface area contributed by atoms with Gasteiger partial charge in [0.1, 0.15) is 0 Å². The molecule has 1 aliphatic carbocycles. The quantitative estimate of drug-likeness (QED) is 0.746. The van der Waals surface area contributed by atoms with Crippen molar-refractivity contribution in [2.24, 2.45) is 0 Å². The van der Waals surface area contributed by atoms with Crippen molar-refractivity contribution in [3.8, 4) is 0 Å². The van der Waals surface area contributed by atoms with Gasteiger partial charge in [-0.1, -0.05) is 6.07 Å². The van der Waals surface area contributed by atoms with Crippen molar-refractivity contribution in [1.82, 2.24) is 0 Å². The van der Waals surface area contributed by atoms with Crippen LogP contribution in [-0.2, 0) is 0 Å². The molecule has 1 aromatic rings. The van der Waals surface area contributed by atoms with Crippen molar-refractivity contribution in [1.29, 1.82) is 0 Å². The first-order valence-electron chi connectivity index (χ1n) is 5.79. The minimum atomic E-state index is -0.945. The van der Waals surface area contributed by atoms with Crippen LogP contribution in [0.4, 0.5) is 5.69 Å². The zero-order valence-electron chi connectivity index (χ0n) is 9.86. The molecule has 1 saturated carbocycles. The predicted molar refractivity (Wildman–Crippen MR) is 65.4 cm³/mol. The van der Waals surface area contributed by atoms with Gasteiger partial charge in [0.2, 0.25) is 0 Å². The van der Waals surface area contributed by atoms with E-state index < -0.39 is 5.97 Å². The van der Waals surface area contributed by atoms with Crippen LogP contribution in [0, 0.1) is 6.92 Å². The van der Waals surface area contributed by atoms with Crippen molar-refractivity contribution in [3.05, 3.63) is 29.3 Å². The van der Waals surface area contributed by atoms with Gasteiger partial charge in [0, 0.05) is 5.69 Å². The van der Waals surface area contributed by atoms with Crippen LogP contribution in [0.15, 0.2) is 18.2 Å². The molecule has 0 aliphatic heterocycles. The maximum absolute atomic E-state index is 11.1. The van der Waals surface area contributed by atoms with E-state index >= 15 is 0 Å². The van der Waals surface area contributed by atoms with E-state index in [1.54, 1.807) is 12.1 Å². The van der Waals surface area contributed by atoms with Crippen molar-refractivity contribution in [2.45, 2.75) is 31.7 Å². The molecule has 1 aromatic carbocycles. The van der Waals surface area contributed by atoms with Gasteiger partial charge in [-0.25, -0.2) is 4.79 Å². The predicted octanol–water partition coefficient (Wildman–Crippen LogP) is 2.02. The van der Waals surface area contributed by atoms with E-state index in [1.807, 2.05) is 13.0 Å². The Bertz CT molecular complexity index is 433. The molecule has 0 amide bonds. The number of aromatic carboxylic acids is 1. The number of anilines is 1. The van der Waals surface area contributed by atoms with Crippen molar-refractivity contribution < 1.29 is 15.0 Å². The SMILES string of the molecule is Cc1ccc(C(=O)O)c(NC2(CO)CCC2)c1. The van der Waals surface area contributed by atoms with Gasteiger partial charge in [-0.05, 0) is 43.9 Å². The Morgan fingerprint density at radius 3 is 2.65 bits per heavy atom. The van der Waals surface area contributed by atoms with E-state index in [4.69, 9.17) is 5.11 Å². The second kappa shape index (κ2) is 4.37. The highest BCUT2D eigenvalue weighted by Crippen LogP contribution is 2.36. The molecule has 2 rings (SSSR count). The fraction of sp³-hybridized carbons (Fsp3) is 0.462. The standard InChI is InChI=1S/C13H17NO3/c1-9-3-4-10(12(16)17)11(7-9)14-13(8-15)5-2-6-13/h3-4,7,14-15H,2,5-6,8H2,1H3,(H,16,17). The minimum Gasteiger partial charge on any atom is -0.478 e. The summed E-state index contributed by atoms with van der Waals surface area (Å²) in [5, 5.41) is 21.7. The van der Waals surface area contributed by atoms with Crippen LogP contribution in [0.5, 0.6) is 0 Å². The van der Waals surface area contributed by atoms with Crippen LogP contribution in [-0.4, -0.2) is 28.3 Å². The van der Waals surface area contributed by atoms with Crippen molar-refractivity contribution >= 4 is 11.7 Å². The summed E-state index contributed by atoms with van der Waals surface area (Å²) in [6.45, 7) is 1.96. The van der Waals surface area contributed by atoms with E-state index in [0.29, 0.717) is 5.69 Å². The van der Waals surface area contributed by atoms with Gasteiger partial charge in [-0.15, -0.1) is 0 Å². The molecular weight excluding hydrogens is 218 g/mol. The lowest BCUT2D eigenvalue weighted by molar-refractivity contribution is 0.0697. The lowest BCUT2D eigenvalue weighted by Gasteiger charge is -2.42. The molecule has 17 heavy (non-hydrogen) atoms. The Morgan fingerprint density at radius 1 is 1.47 bits per heavy atom. The molecule has 0 radical (unpaired) electrons. The number of nitrogens with one attached hydrogen (secondary N) is 1. The molecule has 0 aromatic heterocycles. The van der Waals surface area contributed by atoms with Gasteiger partial charge in [-0.2, -0.15) is 0 Å². The molecule has 0 bridgehead atoms. The van der Waals surface area contributed by atoms with E-state index in [-0.39, 0.29) is 17.7 Å². The Labute approximate surface area is 100 Å². The van der Waals surface area contributed by atoms with Crippen LogP contribution in [0.2, 0.25) is 0 Å². The number of aryl methyl sites for hydroxylation is 1. The molecular formula is C13H17NO3. The fourth-order valence-corrected chi connectivity index (χ4v) is 2.16. The summed E-state index contributed by atoms with van der Waals surface area (Å²) in [7, 11) is 0. The Kier molecular flexibility index (Phi) is 3.07. The Hall–Kier alpha value is -1.55. The minimum absolute atomic E-state index is 0.0417. The van der Waals surface area contributed by atoms with E-state index in [1.165, 1.54) is 0 Å². The van der Waals surface area contributed by atoms with Gasteiger partial charge in [0.15, 0.2) is 0 Å². The van der Waals surface area contributed by atoms with Crippen LogP contribution >= 0.6 is 0 Å². The summed E-state index contributed by atoms with van der Waals surface area (Å²) in [6.07, 6.45) is 2.84. The van der Waals surface area contributed by atoms with Crippen LogP contribution in [0.25, 0.3) is 0 Å². The zero-order valence-corrected chi connectivity index (χ0v) is 9.86. The summed E-state index contributed by atoms with van der Waals surface area (Å²) in [4.78, 5) is 11.1. The summed E-state index contributed by atoms with van der Waals surface area (Å²) in [6, 6.07) is 5.20. The van der Waals surface area contributed by atoms with Gasteiger partial charge in [0.25, 0.3) is 0 Å². The fourth-order valence-electron chi connectivity index (χ4n) is 2.16. The van der Waals surface area contributed by atoms with E-state index in [2.05, 4.69) is 5.32 Å².